The molecule has 3 rings (SSSR count). The van der Waals surface area contributed by atoms with E-state index in [9.17, 15) is 4.79 Å². The number of ether oxygens (including phenoxy) is 1. The van der Waals surface area contributed by atoms with Crippen molar-refractivity contribution in [1.29, 1.82) is 0 Å². The van der Waals surface area contributed by atoms with E-state index in [1.54, 1.807) is 0 Å². The van der Waals surface area contributed by atoms with Crippen LogP contribution in [-0.4, -0.2) is 41.0 Å². The van der Waals surface area contributed by atoms with Gasteiger partial charge in [-0.15, -0.1) is 10.2 Å². The van der Waals surface area contributed by atoms with Gasteiger partial charge in [-0.25, -0.2) is 0 Å². The summed E-state index contributed by atoms with van der Waals surface area (Å²) in [6.07, 6.45) is 2.50. The van der Waals surface area contributed by atoms with E-state index >= 15 is 0 Å². The van der Waals surface area contributed by atoms with E-state index in [0.717, 1.165) is 46.6 Å². The summed E-state index contributed by atoms with van der Waals surface area (Å²) < 4.78 is 6.38. The van der Waals surface area contributed by atoms with Crippen LogP contribution in [0.4, 0.5) is 5.13 Å². The van der Waals surface area contributed by atoms with Crippen molar-refractivity contribution in [2.45, 2.75) is 37.1 Å². The Hall–Kier alpha value is -1.44. The van der Waals surface area contributed by atoms with Crippen LogP contribution in [0.2, 0.25) is 0 Å². The van der Waals surface area contributed by atoms with Crippen molar-refractivity contribution in [3.8, 4) is 0 Å². The summed E-state index contributed by atoms with van der Waals surface area (Å²) in [6, 6.07) is 5.83. The number of ketones is 1. The Morgan fingerprint density at radius 3 is 3.00 bits per heavy atom. The number of hydrogen-bond donors (Lipinski definition) is 1. The maximum atomic E-state index is 12.3. The smallest absolute Gasteiger partial charge is 0.206 e. The number of benzene rings is 1. The van der Waals surface area contributed by atoms with Gasteiger partial charge in [-0.05, 0) is 43.9 Å². The highest BCUT2D eigenvalue weighted by atomic mass is 32.2. The average molecular weight is 364 g/mol. The molecule has 0 bridgehead atoms. The molecule has 1 N–H and O–H groups in total. The van der Waals surface area contributed by atoms with Crippen molar-refractivity contribution < 1.29 is 9.53 Å². The number of thioether (sulfide) groups is 1. The summed E-state index contributed by atoms with van der Waals surface area (Å²) in [7, 11) is 0. The second kappa shape index (κ2) is 8.09. The van der Waals surface area contributed by atoms with Gasteiger partial charge in [-0.1, -0.05) is 35.2 Å². The normalized spacial score (nSPS) is 17.2. The van der Waals surface area contributed by atoms with E-state index in [4.69, 9.17) is 4.74 Å². The average Bonchev–Trinajstić information content (AvgIpc) is 3.24. The lowest BCUT2D eigenvalue weighted by Crippen LogP contribution is -2.18. The van der Waals surface area contributed by atoms with Gasteiger partial charge in [0, 0.05) is 18.7 Å². The molecule has 1 fully saturated rings. The number of anilines is 1. The third-order valence-electron chi connectivity index (χ3n) is 4.07. The molecule has 7 heteroatoms. The Balaban J connectivity index is 1.49. The van der Waals surface area contributed by atoms with Crippen LogP contribution < -0.4 is 5.32 Å². The van der Waals surface area contributed by atoms with Gasteiger partial charge in [0.1, 0.15) is 0 Å². The molecule has 0 radical (unpaired) electrons. The summed E-state index contributed by atoms with van der Waals surface area (Å²) in [5, 5.41) is 12.3. The molecule has 2 heterocycles. The van der Waals surface area contributed by atoms with E-state index in [2.05, 4.69) is 15.5 Å². The van der Waals surface area contributed by atoms with Crippen LogP contribution in [-0.2, 0) is 4.74 Å². The van der Waals surface area contributed by atoms with E-state index in [-0.39, 0.29) is 11.9 Å². The summed E-state index contributed by atoms with van der Waals surface area (Å²) in [5.74, 6) is 0.496. The molecule has 1 aromatic heterocycles. The van der Waals surface area contributed by atoms with Crippen LogP contribution in [0, 0.1) is 13.8 Å². The Kier molecular flexibility index (Phi) is 5.86. The zero-order chi connectivity index (χ0) is 16.9. The van der Waals surface area contributed by atoms with Gasteiger partial charge in [0.2, 0.25) is 5.13 Å². The number of Topliss-reactive ketones (excluding diaryl/α,β-unsaturated/α-hetero) is 1. The van der Waals surface area contributed by atoms with Crippen LogP contribution >= 0.6 is 23.1 Å². The first kappa shape index (κ1) is 17.4. The van der Waals surface area contributed by atoms with E-state index in [1.807, 2.05) is 32.0 Å². The highest BCUT2D eigenvalue weighted by Gasteiger charge is 2.16. The van der Waals surface area contributed by atoms with Gasteiger partial charge in [0.05, 0.1) is 11.9 Å². The number of nitrogens with zero attached hydrogens (tertiary/aromatic N) is 2. The summed E-state index contributed by atoms with van der Waals surface area (Å²) in [6.45, 7) is 5.69. The molecule has 0 saturated carbocycles. The van der Waals surface area contributed by atoms with Crippen LogP contribution in [0.1, 0.15) is 34.3 Å². The second-order valence-electron chi connectivity index (χ2n) is 5.90. The maximum Gasteiger partial charge on any atom is 0.206 e. The molecule has 0 spiro atoms. The monoisotopic (exact) mass is 363 g/mol. The molecule has 1 aromatic carbocycles. The van der Waals surface area contributed by atoms with Crippen LogP contribution in [0.15, 0.2) is 22.5 Å². The minimum atomic E-state index is 0.118. The lowest BCUT2D eigenvalue weighted by atomic mass is 10.0. The van der Waals surface area contributed by atoms with Crippen LogP contribution in [0.5, 0.6) is 0 Å². The number of hydrogen-bond acceptors (Lipinski definition) is 7. The summed E-state index contributed by atoms with van der Waals surface area (Å²) >= 11 is 2.92. The Labute approximate surface area is 150 Å². The number of carbonyl (C=O) groups excluding carboxylic acids is 1. The van der Waals surface area contributed by atoms with E-state index in [0.29, 0.717) is 5.75 Å². The van der Waals surface area contributed by atoms with Crippen molar-refractivity contribution >= 4 is 34.0 Å². The van der Waals surface area contributed by atoms with Crippen molar-refractivity contribution in [1.82, 2.24) is 10.2 Å². The minimum Gasteiger partial charge on any atom is -0.376 e. The molecule has 1 atom stereocenters. The van der Waals surface area contributed by atoms with Crippen molar-refractivity contribution in [3.05, 3.63) is 34.9 Å². The Morgan fingerprint density at radius 2 is 2.25 bits per heavy atom. The van der Waals surface area contributed by atoms with Crippen LogP contribution in [0.25, 0.3) is 0 Å². The minimum absolute atomic E-state index is 0.118. The quantitative estimate of drug-likeness (QED) is 0.597. The molecular weight excluding hydrogens is 342 g/mol. The lowest BCUT2D eigenvalue weighted by molar-refractivity contribution is 0.102. The molecule has 2 aromatic rings. The highest BCUT2D eigenvalue weighted by molar-refractivity contribution is 8.01. The first-order chi connectivity index (χ1) is 11.6. The number of nitrogens with one attached hydrogen (secondary N) is 1. The molecule has 0 aliphatic carbocycles. The summed E-state index contributed by atoms with van der Waals surface area (Å²) in [5.41, 5.74) is 3.10. The van der Waals surface area contributed by atoms with E-state index in [1.165, 1.54) is 28.7 Å². The van der Waals surface area contributed by atoms with Crippen LogP contribution in [0.3, 0.4) is 0 Å². The molecule has 1 aliphatic rings. The third kappa shape index (κ3) is 4.55. The topological polar surface area (TPSA) is 64.1 Å². The van der Waals surface area contributed by atoms with Gasteiger partial charge >= 0.3 is 0 Å². The fraction of sp³-hybridized carbons (Fsp3) is 0.471. The number of carbonyl (C=O) groups is 1. The molecule has 128 valence electrons. The SMILES string of the molecule is Cc1ccc(C(=O)CSc2nnc(NCC3CCCO3)s2)cc1C. The molecule has 1 saturated heterocycles. The van der Waals surface area contributed by atoms with Gasteiger partial charge in [-0.2, -0.15) is 0 Å². The Morgan fingerprint density at radius 1 is 1.38 bits per heavy atom. The number of aryl methyl sites for hydroxylation is 2. The largest absolute Gasteiger partial charge is 0.376 e. The number of aromatic nitrogens is 2. The molecule has 1 aliphatic heterocycles. The standard InChI is InChI=1S/C17H21N3O2S2/c1-11-5-6-13(8-12(11)2)15(21)10-23-17-20-19-16(24-17)18-9-14-4-3-7-22-14/h5-6,8,14H,3-4,7,9-10H2,1-2H3,(H,18,19). The third-order valence-corrected chi connectivity index (χ3v) is 6.08. The number of rotatable bonds is 7. The lowest BCUT2D eigenvalue weighted by Gasteiger charge is -2.08. The van der Waals surface area contributed by atoms with Gasteiger partial charge in [-0.3, -0.25) is 4.79 Å². The molecule has 5 nitrogen and oxygen atoms in total. The predicted molar refractivity (Wildman–Crippen MR) is 98.3 cm³/mol. The van der Waals surface area contributed by atoms with Gasteiger partial charge in [0.25, 0.3) is 0 Å². The highest BCUT2D eigenvalue weighted by Crippen LogP contribution is 2.26. The first-order valence-corrected chi connectivity index (χ1v) is 9.84. The van der Waals surface area contributed by atoms with Crippen molar-refractivity contribution in [3.63, 3.8) is 0 Å². The van der Waals surface area contributed by atoms with Crippen molar-refractivity contribution in [2.75, 3.05) is 24.2 Å². The fourth-order valence-electron chi connectivity index (χ4n) is 2.47. The molecule has 1 unspecified atom stereocenters. The zero-order valence-corrected chi connectivity index (χ0v) is 15.5. The van der Waals surface area contributed by atoms with Crippen molar-refractivity contribution in [2.24, 2.45) is 0 Å². The maximum absolute atomic E-state index is 12.3. The summed E-state index contributed by atoms with van der Waals surface area (Å²) in [4.78, 5) is 12.3. The predicted octanol–water partition coefficient (Wildman–Crippen LogP) is 3.72. The second-order valence-corrected chi connectivity index (χ2v) is 8.10. The van der Waals surface area contributed by atoms with E-state index < -0.39 is 0 Å². The van der Waals surface area contributed by atoms with Gasteiger partial charge < -0.3 is 10.1 Å². The Bertz CT molecular complexity index is 712. The van der Waals surface area contributed by atoms with Gasteiger partial charge in [0.15, 0.2) is 10.1 Å². The molecular formula is C17H21N3O2S2. The fourth-order valence-corrected chi connectivity index (χ4v) is 4.12. The molecule has 0 amide bonds. The first-order valence-electron chi connectivity index (χ1n) is 8.04. The zero-order valence-electron chi connectivity index (χ0n) is 13.9. The molecule has 24 heavy (non-hydrogen) atoms.